The number of nitrogens with one attached hydrogen (secondary N) is 1. The number of carbonyl (C=O) groups is 1. The van der Waals surface area contributed by atoms with Crippen LogP contribution in [0.2, 0.25) is 0 Å². The summed E-state index contributed by atoms with van der Waals surface area (Å²) in [6, 6.07) is 12.7. The maximum atomic E-state index is 13.1. The summed E-state index contributed by atoms with van der Waals surface area (Å²) in [7, 11) is 0. The molecule has 1 N–H and O–H groups in total. The average molecular weight is 347 g/mol. The molecule has 24 heavy (non-hydrogen) atoms. The Morgan fingerprint density at radius 1 is 1.08 bits per heavy atom. The molecule has 2 aromatic carbocycles. The normalized spacial score (nSPS) is 15.5. The van der Waals surface area contributed by atoms with Crippen molar-refractivity contribution in [2.45, 2.75) is 38.5 Å². The molecule has 0 unspecified atom stereocenters. The fourth-order valence-electron chi connectivity index (χ4n) is 3.13. The predicted molar refractivity (Wildman–Crippen MR) is 93.5 cm³/mol. The van der Waals surface area contributed by atoms with Crippen molar-refractivity contribution in [3.05, 3.63) is 70.5 Å². The van der Waals surface area contributed by atoms with Crippen molar-refractivity contribution in [1.82, 2.24) is 10.2 Å². The summed E-state index contributed by atoms with van der Waals surface area (Å²) < 4.78 is 13.1. The van der Waals surface area contributed by atoms with E-state index in [2.05, 4.69) is 5.32 Å². The molecule has 2 aliphatic rings. The highest BCUT2D eigenvalue weighted by molar-refractivity contribution is 5.95. The molecule has 0 bridgehead atoms. The molecule has 1 fully saturated rings. The Labute approximate surface area is 147 Å². The lowest BCUT2D eigenvalue weighted by Crippen LogP contribution is -2.32. The lowest BCUT2D eigenvalue weighted by molar-refractivity contribution is 0.0730. The molecule has 1 saturated carbocycles. The summed E-state index contributed by atoms with van der Waals surface area (Å²) in [5.41, 5.74) is 4.21. The molecule has 2 aromatic rings. The third kappa shape index (κ3) is 3.45. The minimum Gasteiger partial charge on any atom is -0.331 e. The van der Waals surface area contributed by atoms with Crippen LogP contribution >= 0.6 is 12.4 Å². The van der Waals surface area contributed by atoms with Gasteiger partial charge in [0.05, 0.1) is 0 Å². The van der Waals surface area contributed by atoms with Crippen LogP contribution in [-0.2, 0) is 19.6 Å². The second-order valence-corrected chi connectivity index (χ2v) is 6.38. The van der Waals surface area contributed by atoms with Crippen molar-refractivity contribution in [2.75, 3.05) is 0 Å². The molecule has 4 rings (SSSR count). The summed E-state index contributed by atoms with van der Waals surface area (Å²) in [6.07, 6.45) is 2.11. The quantitative estimate of drug-likeness (QED) is 0.916. The average Bonchev–Trinajstić information content (AvgIpc) is 3.30. The third-order valence-corrected chi connectivity index (χ3v) is 4.60. The molecule has 5 heteroatoms. The zero-order valence-electron chi connectivity index (χ0n) is 13.3. The molecule has 126 valence electrons. The van der Waals surface area contributed by atoms with Gasteiger partial charge in [0.15, 0.2) is 0 Å². The molecule has 3 nitrogen and oxygen atoms in total. The van der Waals surface area contributed by atoms with Gasteiger partial charge < -0.3 is 10.2 Å². The van der Waals surface area contributed by atoms with Crippen molar-refractivity contribution in [1.29, 1.82) is 0 Å². The SMILES string of the molecule is Cl.O=C(c1ccc2c(c1)CNC2)N(Cc1ccc(F)cc1)C1CC1. The Bertz CT molecular complexity index is 744. The second kappa shape index (κ2) is 6.91. The summed E-state index contributed by atoms with van der Waals surface area (Å²) >= 11 is 0. The highest BCUT2D eigenvalue weighted by atomic mass is 35.5. The number of nitrogens with zero attached hydrogens (tertiary/aromatic N) is 1. The van der Waals surface area contributed by atoms with E-state index in [0.717, 1.165) is 37.1 Å². The van der Waals surface area contributed by atoms with E-state index in [9.17, 15) is 9.18 Å². The van der Waals surface area contributed by atoms with Crippen LogP contribution in [0.5, 0.6) is 0 Å². The summed E-state index contributed by atoms with van der Waals surface area (Å²) in [4.78, 5) is 14.9. The van der Waals surface area contributed by atoms with Gasteiger partial charge in [-0.05, 0) is 53.8 Å². The third-order valence-electron chi connectivity index (χ3n) is 4.60. The van der Waals surface area contributed by atoms with Gasteiger partial charge in [-0.1, -0.05) is 18.2 Å². The van der Waals surface area contributed by atoms with Crippen molar-refractivity contribution in [3.63, 3.8) is 0 Å². The second-order valence-electron chi connectivity index (χ2n) is 6.38. The first kappa shape index (κ1) is 16.9. The molecule has 1 aliphatic heterocycles. The van der Waals surface area contributed by atoms with Gasteiger partial charge in [-0.3, -0.25) is 4.79 Å². The van der Waals surface area contributed by atoms with E-state index in [-0.39, 0.29) is 24.1 Å². The molecule has 0 atom stereocenters. The van der Waals surface area contributed by atoms with Crippen LogP contribution in [0.3, 0.4) is 0 Å². The molecule has 1 heterocycles. The lowest BCUT2D eigenvalue weighted by Gasteiger charge is -2.23. The number of halogens is 2. The maximum Gasteiger partial charge on any atom is 0.254 e. The number of carbonyl (C=O) groups excluding carboxylic acids is 1. The fraction of sp³-hybridized carbons (Fsp3) is 0.316. The van der Waals surface area contributed by atoms with Gasteiger partial charge >= 0.3 is 0 Å². The van der Waals surface area contributed by atoms with Gasteiger partial charge in [-0.15, -0.1) is 12.4 Å². The standard InChI is InChI=1S/C19H19FN2O.ClH/c20-17-5-1-13(2-6-17)12-22(18-7-8-18)19(23)14-3-4-15-10-21-11-16(15)9-14;/h1-6,9,18,21H,7-8,10-12H2;1H. The Hall–Kier alpha value is -1.91. The lowest BCUT2D eigenvalue weighted by atomic mass is 10.1. The Balaban J connectivity index is 0.00000169. The topological polar surface area (TPSA) is 32.3 Å². The van der Waals surface area contributed by atoms with E-state index in [1.54, 1.807) is 12.1 Å². The zero-order valence-corrected chi connectivity index (χ0v) is 14.1. The van der Waals surface area contributed by atoms with E-state index in [4.69, 9.17) is 0 Å². The van der Waals surface area contributed by atoms with Crippen LogP contribution in [-0.4, -0.2) is 16.8 Å². The molecular formula is C19H20ClFN2O. The number of rotatable bonds is 4. The number of hydrogen-bond donors (Lipinski definition) is 1. The van der Waals surface area contributed by atoms with E-state index in [1.165, 1.54) is 23.3 Å². The monoisotopic (exact) mass is 346 g/mol. The van der Waals surface area contributed by atoms with Crippen LogP contribution < -0.4 is 5.32 Å². The zero-order chi connectivity index (χ0) is 15.8. The number of benzene rings is 2. The van der Waals surface area contributed by atoms with E-state index >= 15 is 0 Å². The Morgan fingerprint density at radius 2 is 1.79 bits per heavy atom. The van der Waals surface area contributed by atoms with Crippen LogP contribution in [0.4, 0.5) is 4.39 Å². The van der Waals surface area contributed by atoms with Crippen LogP contribution in [0.1, 0.15) is 39.9 Å². The van der Waals surface area contributed by atoms with E-state index in [1.807, 2.05) is 23.1 Å². The van der Waals surface area contributed by atoms with Crippen molar-refractivity contribution in [3.8, 4) is 0 Å². The Morgan fingerprint density at radius 3 is 2.50 bits per heavy atom. The highest BCUT2D eigenvalue weighted by Crippen LogP contribution is 2.30. The number of hydrogen-bond acceptors (Lipinski definition) is 2. The highest BCUT2D eigenvalue weighted by Gasteiger charge is 2.33. The molecule has 0 saturated heterocycles. The maximum absolute atomic E-state index is 13.1. The van der Waals surface area contributed by atoms with Crippen LogP contribution in [0.25, 0.3) is 0 Å². The largest absolute Gasteiger partial charge is 0.331 e. The molecule has 1 aliphatic carbocycles. The molecule has 0 spiro atoms. The van der Waals surface area contributed by atoms with E-state index in [0.29, 0.717) is 12.6 Å². The van der Waals surface area contributed by atoms with Gasteiger partial charge in [-0.2, -0.15) is 0 Å². The molecular weight excluding hydrogens is 327 g/mol. The minimum atomic E-state index is -0.246. The van der Waals surface area contributed by atoms with Crippen molar-refractivity contribution in [2.24, 2.45) is 0 Å². The summed E-state index contributed by atoms with van der Waals surface area (Å²) in [6.45, 7) is 2.25. The predicted octanol–water partition coefficient (Wildman–Crippen LogP) is 3.66. The smallest absolute Gasteiger partial charge is 0.254 e. The van der Waals surface area contributed by atoms with E-state index < -0.39 is 0 Å². The number of amides is 1. The molecule has 0 radical (unpaired) electrons. The minimum absolute atomic E-state index is 0. The Kier molecular flexibility index (Phi) is 4.88. The van der Waals surface area contributed by atoms with Crippen LogP contribution in [0.15, 0.2) is 42.5 Å². The van der Waals surface area contributed by atoms with Gasteiger partial charge in [0, 0.05) is 31.2 Å². The van der Waals surface area contributed by atoms with Gasteiger partial charge in [0.25, 0.3) is 5.91 Å². The fourth-order valence-corrected chi connectivity index (χ4v) is 3.13. The van der Waals surface area contributed by atoms with Crippen molar-refractivity contribution >= 4 is 18.3 Å². The van der Waals surface area contributed by atoms with Crippen LogP contribution in [0, 0.1) is 5.82 Å². The molecule has 0 aromatic heterocycles. The first-order valence-electron chi connectivity index (χ1n) is 8.08. The van der Waals surface area contributed by atoms with Gasteiger partial charge in [-0.25, -0.2) is 4.39 Å². The van der Waals surface area contributed by atoms with Crippen molar-refractivity contribution < 1.29 is 9.18 Å². The van der Waals surface area contributed by atoms with Gasteiger partial charge in [0.2, 0.25) is 0 Å². The first-order valence-corrected chi connectivity index (χ1v) is 8.08. The summed E-state index contributed by atoms with van der Waals surface area (Å²) in [5.74, 6) is -0.171. The van der Waals surface area contributed by atoms with Gasteiger partial charge in [0.1, 0.15) is 5.82 Å². The first-order chi connectivity index (χ1) is 11.2. The summed E-state index contributed by atoms with van der Waals surface area (Å²) in [5, 5.41) is 3.30. The molecule has 1 amide bonds. The number of fused-ring (bicyclic) bond motifs is 1.